The number of aromatic nitrogens is 1. The van der Waals surface area contributed by atoms with Crippen molar-refractivity contribution in [1.82, 2.24) is 24.8 Å². The van der Waals surface area contributed by atoms with Crippen LogP contribution in [0.15, 0.2) is 34.5 Å². The van der Waals surface area contributed by atoms with Crippen molar-refractivity contribution in [3.8, 4) is 0 Å². The monoisotopic (exact) mass is 706 g/mol. The fourth-order valence-corrected chi connectivity index (χ4v) is 7.67. The highest BCUT2D eigenvalue weighted by Gasteiger charge is 2.37. The number of likely N-dealkylation sites (tertiary alicyclic amines) is 1. The first-order valence-electron chi connectivity index (χ1n) is 16.3. The molecule has 1 aromatic carbocycles. The molecule has 2 heterocycles. The minimum atomic E-state index is -4.18. The van der Waals surface area contributed by atoms with Crippen molar-refractivity contribution >= 4 is 50.7 Å². The molecule has 5 atom stereocenters. The Labute approximate surface area is 288 Å². The van der Waals surface area contributed by atoms with Gasteiger partial charge < -0.3 is 20.7 Å². The second kappa shape index (κ2) is 17.2. The number of ether oxygens (including phenoxy) is 1. The molecule has 1 aliphatic heterocycles. The van der Waals surface area contributed by atoms with E-state index in [2.05, 4.69) is 10.3 Å². The number of carbonyl (C=O) groups excluding carboxylic acids is 4. The molecule has 0 aliphatic carbocycles. The Kier molecular flexibility index (Phi) is 13.9. The number of carbonyl (C=O) groups is 4. The number of thiazole rings is 1. The number of piperidine rings is 1. The van der Waals surface area contributed by atoms with Gasteiger partial charge in [-0.1, -0.05) is 40.5 Å². The highest BCUT2D eigenvalue weighted by molar-refractivity contribution is 7.90. The van der Waals surface area contributed by atoms with Crippen LogP contribution in [-0.2, 0) is 29.1 Å². The summed E-state index contributed by atoms with van der Waals surface area (Å²) in [5, 5.41) is 4.96. The molecule has 15 heteroatoms. The number of nitrogens with zero attached hydrogens (tertiary/aromatic N) is 3. The van der Waals surface area contributed by atoms with Crippen molar-refractivity contribution in [2.75, 3.05) is 33.0 Å². The van der Waals surface area contributed by atoms with E-state index < -0.39 is 33.9 Å². The van der Waals surface area contributed by atoms with Crippen LogP contribution >= 0.6 is 11.3 Å². The van der Waals surface area contributed by atoms with Gasteiger partial charge in [0.1, 0.15) is 23.4 Å². The van der Waals surface area contributed by atoms with Crippen LogP contribution in [0.4, 0.5) is 5.69 Å². The molecule has 1 fully saturated rings. The molecule has 0 radical (unpaired) electrons. The van der Waals surface area contributed by atoms with Gasteiger partial charge >= 0.3 is 5.97 Å². The predicted octanol–water partition coefficient (Wildman–Crippen LogP) is 3.38. The summed E-state index contributed by atoms with van der Waals surface area (Å²) in [6.07, 6.45) is 3.76. The zero-order valence-electron chi connectivity index (χ0n) is 28.9. The normalized spacial score (nSPS) is 18.0. The summed E-state index contributed by atoms with van der Waals surface area (Å²) in [6.45, 7) is 9.96. The molecule has 3 amide bonds. The summed E-state index contributed by atoms with van der Waals surface area (Å²) >= 11 is 1.13. The van der Waals surface area contributed by atoms with E-state index in [0.29, 0.717) is 23.5 Å². The molecular weight excluding hydrogens is 657 g/mol. The molecule has 0 spiro atoms. The standard InChI is InChI=1S/C33H50N6O7S2/c1-8-21(4)29(36-31(42)27-11-9-10-16-38(27)6)33(43)39(7)28(20(2)3)17-23(18-46-22(5)40)32-35-26(19-47-32)30(41)37-48(44,45)25-14-12-24(34)13-15-25/h12-15,19-21,23,27-29H,8-11,16-18,34H2,1-7H3,(H,36,42)(H,37,41)/t21-,23-,27+,28+,29-/m0/s1. The van der Waals surface area contributed by atoms with Gasteiger partial charge in [0.25, 0.3) is 15.9 Å². The highest BCUT2D eigenvalue weighted by atomic mass is 32.2. The predicted molar refractivity (Wildman–Crippen MR) is 185 cm³/mol. The number of likely N-dealkylation sites (N-methyl/N-ethyl adjacent to an activating group) is 2. The molecule has 48 heavy (non-hydrogen) atoms. The number of nitrogens with one attached hydrogen (secondary N) is 2. The van der Waals surface area contributed by atoms with E-state index in [1.165, 1.54) is 36.6 Å². The van der Waals surface area contributed by atoms with Crippen molar-refractivity contribution in [3.05, 3.63) is 40.3 Å². The molecule has 1 aromatic heterocycles. The van der Waals surface area contributed by atoms with E-state index in [1.807, 2.05) is 44.4 Å². The van der Waals surface area contributed by atoms with Crippen LogP contribution in [0.25, 0.3) is 0 Å². The molecule has 0 bridgehead atoms. The quantitative estimate of drug-likeness (QED) is 0.184. The Morgan fingerprint density at radius 3 is 2.40 bits per heavy atom. The van der Waals surface area contributed by atoms with Crippen LogP contribution in [-0.4, -0.2) is 92.3 Å². The zero-order chi connectivity index (χ0) is 35.8. The van der Waals surface area contributed by atoms with Crippen LogP contribution < -0.4 is 15.8 Å². The molecule has 3 rings (SSSR count). The Hall–Kier alpha value is -3.56. The van der Waals surface area contributed by atoms with Crippen molar-refractivity contribution < 1.29 is 32.3 Å². The van der Waals surface area contributed by atoms with Crippen molar-refractivity contribution in [1.29, 1.82) is 0 Å². The SMILES string of the molecule is CC[C@H](C)[C@H](NC(=O)[C@H]1CCCCN1C)C(=O)N(C)[C@H](C[C@@H](COC(C)=O)c1nc(C(=O)NS(=O)(=O)c2ccc(N)cc2)cs1)C(C)C. The number of anilines is 1. The number of rotatable bonds is 15. The van der Waals surface area contributed by atoms with Gasteiger partial charge in [0.2, 0.25) is 11.8 Å². The van der Waals surface area contributed by atoms with Crippen molar-refractivity contribution in [2.45, 2.75) is 95.7 Å². The molecule has 1 aliphatic rings. The summed E-state index contributed by atoms with van der Waals surface area (Å²) in [5.41, 5.74) is 5.91. The molecule has 0 unspecified atom stereocenters. The first-order chi connectivity index (χ1) is 22.5. The Bertz CT molecular complexity index is 1530. The second-order valence-corrected chi connectivity index (χ2v) is 15.5. The fraction of sp³-hybridized carbons (Fsp3) is 0.606. The van der Waals surface area contributed by atoms with Crippen LogP contribution in [0.2, 0.25) is 0 Å². The lowest BCUT2D eigenvalue weighted by molar-refractivity contribution is -0.143. The minimum absolute atomic E-state index is 0.0377. The average molecular weight is 707 g/mol. The summed E-state index contributed by atoms with van der Waals surface area (Å²) in [5.74, 6) is -2.44. The third kappa shape index (κ3) is 10.2. The minimum Gasteiger partial charge on any atom is -0.465 e. The van der Waals surface area contributed by atoms with Gasteiger partial charge in [0.15, 0.2) is 0 Å². The second-order valence-electron chi connectivity index (χ2n) is 12.9. The van der Waals surface area contributed by atoms with Gasteiger partial charge in [-0.05, 0) is 69.0 Å². The van der Waals surface area contributed by atoms with Crippen LogP contribution in [0, 0.1) is 11.8 Å². The van der Waals surface area contributed by atoms with E-state index >= 15 is 0 Å². The number of nitrogens with two attached hydrogens (primary N) is 1. The van der Waals surface area contributed by atoms with Gasteiger partial charge in [0.05, 0.1) is 10.9 Å². The van der Waals surface area contributed by atoms with Crippen LogP contribution in [0.1, 0.15) is 88.1 Å². The molecule has 0 saturated carbocycles. The third-order valence-electron chi connectivity index (χ3n) is 9.00. The number of sulfonamides is 1. The summed E-state index contributed by atoms with van der Waals surface area (Å²) in [6, 6.07) is 4.06. The average Bonchev–Trinajstić information content (AvgIpc) is 3.53. The third-order valence-corrected chi connectivity index (χ3v) is 11.4. The molecular formula is C33H50N6O7S2. The topological polar surface area (TPSA) is 181 Å². The summed E-state index contributed by atoms with van der Waals surface area (Å²) < 4.78 is 33.0. The maximum absolute atomic E-state index is 14.1. The Morgan fingerprint density at radius 1 is 1.15 bits per heavy atom. The first kappa shape index (κ1) is 38.9. The van der Waals surface area contributed by atoms with E-state index in [4.69, 9.17) is 10.5 Å². The maximum Gasteiger partial charge on any atom is 0.302 e. The Balaban J connectivity index is 1.83. The van der Waals surface area contributed by atoms with Gasteiger partial charge in [-0.2, -0.15) is 0 Å². The maximum atomic E-state index is 14.1. The molecule has 1 saturated heterocycles. The number of hydrogen-bond acceptors (Lipinski definition) is 11. The van der Waals surface area contributed by atoms with Crippen molar-refractivity contribution in [3.63, 3.8) is 0 Å². The highest BCUT2D eigenvalue weighted by Crippen LogP contribution is 2.30. The van der Waals surface area contributed by atoms with Gasteiger partial charge in [-0.25, -0.2) is 18.1 Å². The molecule has 266 valence electrons. The van der Waals surface area contributed by atoms with E-state index in [1.54, 1.807) is 11.9 Å². The number of benzene rings is 1. The zero-order valence-corrected chi connectivity index (χ0v) is 30.5. The van der Waals surface area contributed by atoms with Gasteiger partial charge in [-0.3, -0.25) is 24.1 Å². The molecule has 13 nitrogen and oxygen atoms in total. The first-order valence-corrected chi connectivity index (χ1v) is 18.7. The van der Waals surface area contributed by atoms with E-state index in [0.717, 1.165) is 37.1 Å². The number of nitrogen functional groups attached to an aromatic ring is 1. The van der Waals surface area contributed by atoms with Crippen LogP contribution in [0.3, 0.4) is 0 Å². The number of hydrogen-bond donors (Lipinski definition) is 3. The lowest BCUT2D eigenvalue weighted by Gasteiger charge is -2.38. The summed E-state index contributed by atoms with van der Waals surface area (Å²) in [4.78, 5) is 60.3. The van der Waals surface area contributed by atoms with Gasteiger partial charge in [0, 0.05) is 37.0 Å². The summed E-state index contributed by atoms with van der Waals surface area (Å²) in [7, 11) is -0.535. The van der Waals surface area contributed by atoms with E-state index in [-0.39, 0.29) is 52.9 Å². The Morgan fingerprint density at radius 2 is 1.81 bits per heavy atom. The van der Waals surface area contributed by atoms with Crippen LogP contribution in [0.5, 0.6) is 0 Å². The lowest BCUT2D eigenvalue weighted by atomic mass is 9.90. The molecule has 2 aromatic rings. The fourth-order valence-electron chi connectivity index (χ4n) is 5.81. The van der Waals surface area contributed by atoms with Gasteiger partial charge in [-0.15, -0.1) is 11.3 Å². The van der Waals surface area contributed by atoms with E-state index in [9.17, 15) is 27.6 Å². The smallest absolute Gasteiger partial charge is 0.302 e. The lowest BCUT2D eigenvalue weighted by Crippen LogP contribution is -2.58. The molecule has 4 N–H and O–H groups in total. The largest absolute Gasteiger partial charge is 0.465 e. The number of amides is 3. The van der Waals surface area contributed by atoms with Crippen molar-refractivity contribution in [2.24, 2.45) is 11.8 Å². The number of esters is 1.